The Bertz CT molecular complexity index is 261. The highest BCUT2D eigenvalue weighted by Gasteiger charge is 2.06. The molecule has 1 aromatic heterocycles. The van der Waals surface area contributed by atoms with Gasteiger partial charge in [-0.15, -0.1) is 6.58 Å². The molecule has 0 aliphatic rings. The second-order valence-corrected chi connectivity index (χ2v) is 3.36. The van der Waals surface area contributed by atoms with E-state index in [4.69, 9.17) is 11.6 Å². The maximum atomic E-state index is 5.73. The molecular weight excluding hydrogens is 194 g/mol. The number of anilines is 1. The minimum Gasteiger partial charge on any atom is -0.364 e. The molecule has 12 heavy (non-hydrogen) atoms. The Morgan fingerprint density at radius 3 is 3.00 bits per heavy atom. The number of hydrogen-bond acceptors (Lipinski definition) is 4. The van der Waals surface area contributed by atoms with Crippen LogP contribution in [0.4, 0.5) is 5.82 Å². The Kier molecular flexibility index (Phi) is 3.49. The van der Waals surface area contributed by atoms with Crippen LogP contribution >= 0.6 is 23.3 Å². The van der Waals surface area contributed by atoms with Crippen molar-refractivity contribution in [2.24, 2.45) is 0 Å². The van der Waals surface area contributed by atoms with E-state index in [1.165, 1.54) is 0 Å². The minimum absolute atomic E-state index is 0.295. The van der Waals surface area contributed by atoms with Crippen LogP contribution in [-0.4, -0.2) is 14.8 Å². The van der Waals surface area contributed by atoms with Crippen LogP contribution in [0.5, 0.6) is 0 Å². The van der Waals surface area contributed by atoms with Gasteiger partial charge in [0.05, 0.1) is 11.7 Å². The molecule has 5 heteroatoms. The summed E-state index contributed by atoms with van der Waals surface area (Å²) in [6, 6.07) is 0.295. The highest BCUT2D eigenvalue weighted by atomic mass is 35.5. The molecule has 1 N–H and O–H groups in total. The van der Waals surface area contributed by atoms with E-state index in [0.717, 1.165) is 18.1 Å². The standard InChI is InChI=1S/C7H10ClN3S/c1-3-4-5(2)9-7-6(8)10-12-11-7/h3,5H,1,4H2,2H3,(H,9,11). The monoisotopic (exact) mass is 203 g/mol. The molecule has 1 rings (SSSR count). The summed E-state index contributed by atoms with van der Waals surface area (Å²) < 4.78 is 7.83. The van der Waals surface area contributed by atoms with Gasteiger partial charge in [-0.05, 0) is 13.3 Å². The van der Waals surface area contributed by atoms with Crippen LogP contribution in [0.15, 0.2) is 12.7 Å². The van der Waals surface area contributed by atoms with Crippen LogP contribution in [0.25, 0.3) is 0 Å². The van der Waals surface area contributed by atoms with Gasteiger partial charge in [0.15, 0.2) is 11.0 Å². The average Bonchev–Trinajstić information content (AvgIpc) is 2.37. The zero-order chi connectivity index (χ0) is 8.97. The van der Waals surface area contributed by atoms with E-state index in [9.17, 15) is 0 Å². The maximum Gasteiger partial charge on any atom is 0.186 e. The average molecular weight is 204 g/mol. The summed E-state index contributed by atoms with van der Waals surface area (Å²) in [5, 5.41) is 3.57. The quantitative estimate of drug-likeness (QED) is 0.765. The molecule has 0 amide bonds. The Hall–Kier alpha value is -0.610. The molecule has 1 heterocycles. The number of hydrogen-bond donors (Lipinski definition) is 1. The van der Waals surface area contributed by atoms with Crippen LogP contribution in [0.1, 0.15) is 13.3 Å². The van der Waals surface area contributed by atoms with Gasteiger partial charge in [-0.3, -0.25) is 0 Å². The van der Waals surface area contributed by atoms with E-state index in [-0.39, 0.29) is 0 Å². The lowest BCUT2D eigenvalue weighted by atomic mass is 10.2. The van der Waals surface area contributed by atoms with Gasteiger partial charge >= 0.3 is 0 Å². The van der Waals surface area contributed by atoms with E-state index in [1.807, 2.05) is 13.0 Å². The summed E-state index contributed by atoms with van der Waals surface area (Å²) in [6.45, 7) is 5.68. The summed E-state index contributed by atoms with van der Waals surface area (Å²) in [6.07, 6.45) is 2.74. The summed E-state index contributed by atoms with van der Waals surface area (Å²) in [5.41, 5.74) is 0. The first-order chi connectivity index (χ1) is 5.74. The lowest BCUT2D eigenvalue weighted by Crippen LogP contribution is -2.14. The SMILES string of the molecule is C=CCC(C)Nc1nsnc1Cl. The fourth-order valence-electron chi connectivity index (χ4n) is 0.806. The van der Waals surface area contributed by atoms with Gasteiger partial charge in [-0.25, -0.2) is 0 Å². The third kappa shape index (κ3) is 2.46. The summed E-state index contributed by atoms with van der Waals surface area (Å²) in [7, 11) is 0. The van der Waals surface area contributed by atoms with Crippen LogP contribution in [0.3, 0.4) is 0 Å². The molecule has 0 aliphatic carbocycles. The molecule has 0 spiro atoms. The molecule has 0 radical (unpaired) electrons. The summed E-state index contributed by atoms with van der Waals surface area (Å²) >= 11 is 6.84. The maximum absolute atomic E-state index is 5.73. The van der Waals surface area contributed by atoms with Crippen LogP contribution in [0, 0.1) is 0 Å². The number of nitrogens with zero attached hydrogens (tertiary/aromatic N) is 2. The van der Waals surface area contributed by atoms with Gasteiger partial charge < -0.3 is 5.32 Å². The third-order valence-corrected chi connectivity index (χ3v) is 2.24. The van der Waals surface area contributed by atoms with E-state index in [2.05, 4.69) is 20.6 Å². The summed E-state index contributed by atoms with van der Waals surface area (Å²) in [5.74, 6) is 0.663. The van der Waals surface area contributed by atoms with Crippen molar-refractivity contribution in [3.05, 3.63) is 17.8 Å². The Morgan fingerprint density at radius 1 is 1.75 bits per heavy atom. The Morgan fingerprint density at radius 2 is 2.50 bits per heavy atom. The first-order valence-electron chi connectivity index (χ1n) is 3.59. The van der Waals surface area contributed by atoms with Crippen molar-refractivity contribution in [1.82, 2.24) is 8.75 Å². The van der Waals surface area contributed by atoms with Gasteiger partial charge in [-0.2, -0.15) is 8.75 Å². The van der Waals surface area contributed by atoms with Crippen molar-refractivity contribution in [3.8, 4) is 0 Å². The Balaban J connectivity index is 2.51. The third-order valence-electron chi connectivity index (χ3n) is 1.35. The smallest absolute Gasteiger partial charge is 0.186 e. The first kappa shape index (κ1) is 9.48. The molecule has 0 fully saturated rings. The second kappa shape index (κ2) is 4.42. The first-order valence-corrected chi connectivity index (χ1v) is 4.70. The molecule has 0 aliphatic heterocycles. The molecule has 0 aromatic carbocycles. The van der Waals surface area contributed by atoms with E-state index < -0.39 is 0 Å². The molecular formula is C7H10ClN3S. The molecule has 66 valence electrons. The summed E-state index contributed by atoms with van der Waals surface area (Å²) in [4.78, 5) is 0. The van der Waals surface area contributed by atoms with E-state index >= 15 is 0 Å². The molecule has 0 bridgehead atoms. The van der Waals surface area contributed by atoms with Crippen molar-refractivity contribution in [2.45, 2.75) is 19.4 Å². The predicted octanol–water partition coefficient (Wildman–Crippen LogP) is 2.57. The predicted molar refractivity (Wildman–Crippen MR) is 52.8 cm³/mol. The Labute approximate surface area is 80.8 Å². The van der Waals surface area contributed by atoms with Crippen molar-refractivity contribution >= 4 is 29.1 Å². The fraction of sp³-hybridized carbons (Fsp3) is 0.429. The zero-order valence-corrected chi connectivity index (χ0v) is 8.32. The highest BCUT2D eigenvalue weighted by molar-refractivity contribution is 6.99. The van der Waals surface area contributed by atoms with E-state index in [0.29, 0.717) is 17.0 Å². The number of nitrogens with one attached hydrogen (secondary N) is 1. The van der Waals surface area contributed by atoms with E-state index in [1.54, 1.807) is 0 Å². The molecule has 0 saturated heterocycles. The van der Waals surface area contributed by atoms with Crippen LogP contribution < -0.4 is 5.32 Å². The number of halogens is 1. The molecule has 3 nitrogen and oxygen atoms in total. The topological polar surface area (TPSA) is 37.8 Å². The lowest BCUT2D eigenvalue weighted by molar-refractivity contribution is 0.810. The number of rotatable bonds is 4. The molecule has 1 unspecified atom stereocenters. The largest absolute Gasteiger partial charge is 0.364 e. The van der Waals surface area contributed by atoms with Gasteiger partial charge in [-0.1, -0.05) is 17.7 Å². The van der Waals surface area contributed by atoms with Crippen molar-refractivity contribution in [1.29, 1.82) is 0 Å². The van der Waals surface area contributed by atoms with Gasteiger partial charge in [0.2, 0.25) is 0 Å². The van der Waals surface area contributed by atoms with Gasteiger partial charge in [0.25, 0.3) is 0 Å². The van der Waals surface area contributed by atoms with Crippen molar-refractivity contribution in [2.75, 3.05) is 5.32 Å². The van der Waals surface area contributed by atoms with Crippen LogP contribution in [-0.2, 0) is 0 Å². The fourth-order valence-corrected chi connectivity index (χ4v) is 1.47. The molecule has 0 saturated carbocycles. The second-order valence-electron chi connectivity index (χ2n) is 2.47. The zero-order valence-electron chi connectivity index (χ0n) is 6.75. The van der Waals surface area contributed by atoms with Gasteiger partial charge in [0, 0.05) is 6.04 Å². The van der Waals surface area contributed by atoms with Gasteiger partial charge in [0.1, 0.15) is 0 Å². The molecule has 1 atom stereocenters. The normalized spacial score (nSPS) is 12.5. The highest BCUT2D eigenvalue weighted by Crippen LogP contribution is 2.18. The van der Waals surface area contributed by atoms with Crippen LogP contribution in [0.2, 0.25) is 5.15 Å². The minimum atomic E-state index is 0.295. The molecule has 1 aromatic rings. The number of aromatic nitrogens is 2. The lowest BCUT2D eigenvalue weighted by Gasteiger charge is -2.09. The van der Waals surface area contributed by atoms with Crippen molar-refractivity contribution in [3.63, 3.8) is 0 Å². The van der Waals surface area contributed by atoms with Crippen molar-refractivity contribution < 1.29 is 0 Å².